The fourth-order valence-electron chi connectivity index (χ4n) is 2.25. The van der Waals surface area contributed by atoms with Gasteiger partial charge < -0.3 is 4.74 Å². The number of ether oxygens (including phenoxy) is 1. The summed E-state index contributed by atoms with van der Waals surface area (Å²) in [6.07, 6.45) is 1.56. The van der Waals surface area contributed by atoms with E-state index < -0.39 is 10.0 Å². The maximum atomic E-state index is 12.3. The highest BCUT2D eigenvalue weighted by Gasteiger charge is 2.14. The topological polar surface area (TPSA) is 93.2 Å². The van der Waals surface area contributed by atoms with Crippen LogP contribution in [0, 0.1) is 0 Å². The Kier molecular flexibility index (Phi) is 5.40. The van der Waals surface area contributed by atoms with Crippen molar-refractivity contribution in [3.63, 3.8) is 0 Å². The summed E-state index contributed by atoms with van der Waals surface area (Å²) in [5, 5.41) is 0.770. The van der Waals surface area contributed by atoms with Crippen LogP contribution in [0.1, 0.15) is 13.8 Å². The third kappa shape index (κ3) is 4.29. The van der Waals surface area contributed by atoms with E-state index in [-0.39, 0.29) is 16.9 Å². The molecule has 0 aliphatic rings. The Labute approximate surface area is 160 Å². The molecule has 1 aromatic heterocycles. The molecule has 26 heavy (non-hydrogen) atoms. The molecule has 0 unspecified atom stereocenters. The number of hydrazine groups is 1. The third-order valence-electron chi connectivity index (χ3n) is 3.33. The van der Waals surface area contributed by atoms with Crippen LogP contribution in [0.5, 0.6) is 5.75 Å². The average molecular weight is 437 g/mol. The summed E-state index contributed by atoms with van der Waals surface area (Å²) in [5.74, 6) is 0.702. The van der Waals surface area contributed by atoms with Crippen LogP contribution >= 0.6 is 15.9 Å². The minimum absolute atomic E-state index is 0.0320. The summed E-state index contributed by atoms with van der Waals surface area (Å²) in [6, 6.07) is 11.7. The van der Waals surface area contributed by atoms with E-state index in [2.05, 4.69) is 36.2 Å². The van der Waals surface area contributed by atoms with Crippen LogP contribution < -0.4 is 15.0 Å². The van der Waals surface area contributed by atoms with Crippen molar-refractivity contribution in [3.8, 4) is 5.75 Å². The number of anilines is 1. The van der Waals surface area contributed by atoms with E-state index in [9.17, 15) is 8.42 Å². The van der Waals surface area contributed by atoms with Crippen LogP contribution in [0.2, 0.25) is 0 Å². The Morgan fingerprint density at radius 2 is 1.88 bits per heavy atom. The Balaban J connectivity index is 1.88. The number of nitrogens with one attached hydrogen (secondary N) is 2. The zero-order chi connectivity index (χ0) is 18.7. The van der Waals surface area contributed by atoms with Crippen LogP contribution in [-0.4, -0.2) is 24.5 Å². The molecular formula is C17H17BrN4O3S. The lowest BCUT2D eigenvalue weighted by molar-refractivity contribution is 0.245. The maximum absolute atomic E-state index is 12.3. The lowest BCUT2D eigenvalue weighted by atomic mass is 10.2. The molecule has 0 spiro atoms. The Bertz CT molecular complexity index is 1030. The van der Waals surface area contributed by atoms with Crippen LogP contribution in [0.25, 0.3) is 10.9 Å². The minimum Gasteiger partial charge on any atom is -0.489 e. The van der Waals surface area contributed by atoms with Crippen LogP contribution in [0.4, 0.5) is 5.95 Å². The fraction of sp³-hybridized carbons (Fsp3) is 0.176. The molecule has 2 aromatic carbocycles. The van der Waals surface area contributed by atoms with Crippen molar-refractivity contribution >= 4 is 42.8 Å². The third-order valence-corrected chi connectivity index (χ3v) is 5.05. The predicted molar refractivity (Wildman–Crippen MR) is 103 cm³/mol. The zero-order valence-corrected chi connectivity index (χ0v) is 16.5. The van der Waals surface area contributed by atoms with Crippen molar-refractivity contribution in [1.82, 2.24) is 14.8 Å². The van der Waals surface area contributed by atoms with E-state index in [0.717, 1.165) is 9.86 Å². The number of hydrogen-bond acceptors (Lipinski definition) is 6. The second kappa shape index (κ2) is 7.56. The summed E-state index contributed by atoms with van der Waals surface area (Å²) in [4.78, 5) is 10.9. The van der Waals surface area contributed by atoms with Gasteiger partial charge in [-0.25, -0.2) is 18.4 Å². The van der Waals surface area contributed by atoms with Gasteiger partial charge in [0, 0.05) is 16.1 Å². The SMILES string of the molecule is CC(C)Oc1cc(Br)cc2cnc(NNS(=O)(=O)c3ccccc3)nc12. The fourth-order valence-corrected chi connectivity index (χ4v) is 3.57. The van der Waals surface area contributed by atoms with E-state index in [1.807, 2.05) is 26.0 Å². The van der Waals surface area contributed by atoms with Gasteiger partial charge in [0.2, 0.25) is 5.95 Å². The van der Waals surface area contributed by atoms with Gasteiger partial charge in [0.1, 0.15) is 11.3 Å². The van der Waals surface area contributed by atoms with Gasteiger partial charge >= 0.3 is 0 Å². The van der Waals surface area contributed by atoms with Gasteiger partial charge in [-0.15, -0.1) is 4.83 Å². The molecule has 7 nitrogen and oxygen atoms in total. The maximum Gasteiger partial charge on any atom is 0.257 e. The van der Waals surface area contributed by atoms with Gasteiger partial charge in [0.15, 0.2) is 0 Å². The van der Waals surface area contributed by atoms with E-state index >= 15 is 0 Å². The lowest BCUT2D eigenvalue weighted by Crippen LogP contribution is -2.30. The number of benzene rings is 2. The highest BCUT2D eigenvalue weighted by molar-refractivity contribution is 9.10. The summed E-state index contributed by atoms with van der Waals surface area (Å²) in [7, 11) is -3.73. The molecule has 2 N–H and O–H groups in total. The standard InChI is InChI=1S/C17H17BrN4O3S/c1-11(2)25-15-9-13(18)8-12-10-19-17(20-16(12)15)21-22-26(23,24)14-6-4-3-5-7-14/h3-11,22H,1-2H3,(H,19,20,21). The largest absolute Gasteiger partial charge is 0.489 e. The summed E-state index contributed by atoms with van der Waals surface area (Å²) < 4.78 is 31.2. The second-order valence-corrected chi connectivity index (χ2v) is 8.34. The number of nitrogens with zero attached hydrogens (tertiary/aromatic N) is 2. The lowest BCUT2D eigenvalue weighted by Gasteiger charge is -2.13. The van der Waals surface area contributed by atoms with Gasteiger partial charge in [0.05, 0.1) is 11.0 Å². The van der Waals surface area contributed by atoms with Crippen molar-refractivity contribution < 1.29 is 13.2 Å². The Morgan fingerprint density at radius 3 is 2.58 bits per heavy atom. The first-order valence-electron chi connectivity index (χ1n) is 7.81. The van der Waals surface area contributed by atoms with Crippen molar-refractivity contribution in [2.75, 3.05) is 5.43 Å². The molecule has 3 rings (SSSR count). The van der Waals surface area contributed by atoms with Gasteiger partial charge in [-0.2, -0.15) is 0 Å². The number of halogens is 1. The zero-order valence-electron chi connectivity index (χ0n) is 14.1. The predicted octanol–water partition coefficient (Wildman–Crippen LogP) is 3.48. The van der Waals surface area contributed by atoms with Crippen LogP contribution in [-0.2, 0) is 10.0 Å². The number of hydrogen-bond donors (Lipinski definition) is 2. The van der Waals surface area contributed by atoms with E-state index in [0.29, 0.717) is 11.3 Å². The second-order valence-electron chi connectivity index (χ2n) is 5.75. The molecule has 1 heterocycles. The monoisotopic (exact) mass is 436 g/mol. The average Bonchev–Trinajstić information content (AvgIpc) is 2.60. The van der Waals surface area contributed by atoms with Gasteiger partial charge in [-0.05, 0) is 38.1 Å². The quantitative estimate of drug-likeness (QED) is 0.574. The number of fused-ring (bicyclic) bond motifs is 1. The minimum atomic E-state index is -3.73. The first kappa shape index (κ1) is 18.6. The van der Waals surface area contributed by atoms with Crippen LogP contribution in [0.3, 0.4) is 0 Å². The molecule has 9 heteroatoms. The first-order chi connectivity index (χ1) is 12.3. The molecule has 0 bridgehead atoms. The van der Waals surface area contributed by atoms with Crippen molar-refractivity contribution in [1.29, 1.82) is 0 Å². The number of rotatable bonds is 6. The molecule has 0 amide bonds. The van der Waals surface area contributed by atoms with E-state index in [1.165, 1.54) is 12.1 Å². The molecule has 136 valence electrons. The molecule has 0 fully saturated rings. The molecule has 0 aliphatic heterocycles. The normalized spacial score (nSPS) is 11.7. The molecule has 0 saturated heterocycles. The highest BCUT2D eigenvalue weighted by atomic mass is 79.9. The molecule has 0 saturated carbocycles. The van der Waals surface area contributed by atoms with Crippen LogP contribution in [0.15, 0.2) is 58.0 Å². The molecule has 0 aliphatic carbocycles. The summed E-state index contributed by atoms with van der Waals surface area (Å²) in [5.41, 5.74) is 3.13. The van der Waals surface area contributed by atoms with E-state index in [1.54, 1.807) is 24.4 Å². The van der Waals surface area contributed by atoms with Gasteiger partial charge in [0.25, 0.3) is 10.0 Å². The van der Waals surface area contributed by atoms with Crippen molar-refractivity contribution in [3.05, 3.63) is 53.1 Å². The molecule has 0 atom stereocenters. The number of sulfonamides is 1. The van der Waals surface area contributed by atoms with Crippen molar-refractivity contribution in [2.45, 2.75) is 24.8 Å². The van der Waals surface area contributed by atoms with Gasteiger partial charge in [-0.3, -0.25) is 5.43 Å². The highest BCUT2D eigenvalue weighted by Crippen LogP contribution is 2.29. The van der Waals surface area contributed by atoms with Crippen molar-refractivity contribution in [2.24, 2.45) is 0 Å². The summed E-state index contributed by atoms with van der Waals surface area (Å²) in [6.45, 7) is 3.84. The smallest absolute Gasteiger partial charge is 0.257 e. The molecular weight excluding hydrogens is 420 g/mol. The first-order valence-corrected chi connectivity index (χ1v) is 10.1. The Hall–Kier alpha value is -2.23. The van der Waals surface area contributed by atoms with Gasteiger partial charge in [-0.1, -0.05) is 34.1 Å². The number of aromatic nitrogens is 2. The molecule has 0 radical (unpaired) electrons. The van der Waals surface area contributed by atoms with E-state index in [4.69, 9.17) is 4.74 Å². The Morgan fingerprint density at radius 1 is 1.15 bits per heavy atom. The molecule has 3 aromatic rings. The summed E-state index contributed by atoms with van der Waals surface area (Å²) >= 11 is 3.43.